The molecule has 0 aliphatic rings. The van der Waals surface area contributed by atoms with Crippen LogP contribution < -0.4 is 0 Å². The third-order valence-electron chi connectivity index (χ3n) is 4.38. The second-order valence-corrected chi connectivity index (χ2v) is 6.91. The van der Waals surface area contributed by atoms with Crippen LogP contribution in [0.3, 0.4) is 0 Å². The Hall–Kier alpha value is -2.92. The normalized spacial score (nSPS) is 11.0. The molecule has 26 heavy (non-hydrogen) atoms. The van der Waals surface area contributed by atoms with Crippen molar-refractivity contribution < 1.29 is 4.79 Å². The van der Waals surface area contributed by atoms with Crippen LogP contribution in [0.2, 0.25) is 0 Å². The van der Waals surface area contributed by atoms with E-state index >= 15 is 0 Å². The van der Waals surface area contributed by atoms with Crippen molar-refractivity contribution in [2.75, 3.05) is 6.54 Å². The van der Waals surface area contributed by atoms with Crippen molar-refractivity contribution in [2.45, 2.75) is 13.5 Å². The molecular formula is C21H19N3OS. The summed E-state index contributed by atoms with van der Waals surface area (Å²) >= 11 is 1.50. The van der Waals surface area contributed by atoms with Crippen molar-refractivity contribution in [3.8, 4) is 11.3 Å². The number of carbonyl (C=O) groups is 1. The summed E-state index contributed by atoms with van der Waals surface area (Å²) in [6.07, 6.45) is 1.95. The maximum atomic E-state index is 13.1. The van der Waals surface area contributed by atoms with Gasteiger partial charge in [0.05, 0.1) is 5.69 Å². The summed E-state index contributed by atoms with van der Waals surface area (Å²) in [5.74, 6) is 0.0274. The molecule has 130 valence electrons. The van der Waals surface area contributed by atoms with Gasteiger partial charge in [0.1, 0.15) is 5.69 Å². The van der Waals surface area contributed by atoms with Gasteiger partial charge in [0, 0.05) is 30.2 Å². The van der Waals surface area contributed by atoms with Crippen molar-refractivity contribution in [1.82, 2.24) is 14.3 Å². The molecule has 0 bridgehead atoms. The minimum Gasteiger partial charge on any atom is -0.333 e. The van der Waals surface area contributed by atoms with E-state index in [-0.39, 0.29) is 5.91 Å². The highest BCUT2D eigenvalue weighted by molar-refractivity contribution is 7.15. The van der Waals surface area contributed by atoms with Gasteiger partial charge in [-0.1, -0.05) is 60.7 Å². The van der Waals surface area contributed by atoms with Gasteiger partial charge in [0.15, 0.2) is 4.96 Å². The highest BCUT2D eigenvalue weighted by Crippen LogP contribution is 2.24. The van der Waals surface area contributed by atoms with E-state index in [4.69, 9.17) is 0 Å². The van der Waals surface area contributed by atoms with Gasteiger partial charge in [-0.2, -0.15) is 0 Å². The van der Waals surface area contributed by atoms with Gasteiger partial charge in [-0.15, -0.1) is 11.3 Å². The number of rotatable bonds is 5. The lowest BCUT2D eigenvalue weighted by Gasteiger charge is -2.20. The zero-order chi connectivity index (χ0) is 17.9. The summed E-state index contributed by atoms with van der Waals surface area (Å²) in [6.45, 7) is 3.27. The van der Waals surface area contributed by atoms with Gasteiger partial charge in [-0.3, -0.25) is 9.20 Å². The van der Waals surface area contributed by atoms with E-state index in [1.807, 2.05) is 88.5 Å². The summed E-state index contributed by atoms with van der Waals surface area (Å²) in [5.41, 5.74) is 3.73. The molecule has 0 saturated carbocycles. The van der Waals surface area contributed by atoms with Crippen molar-refractivity contribution in [2.24, 2.45) is 0 Å². The average molecular weight is 361 g/mol. The van der Waals surface area contributed by atoms with Crippen LogP contribution in [0, 0.1) is 0 Å². The van der Waals surface area contributed by atoms with Crippen LogP contribution in [0.25, 0.3) is 16.2 Å². The maximum absolute atomic E-state index is 13.1. The SMILES string of the molecule is CCN(Cc1ccccc1)C(=O)c1csc2nc(-c3ccccc3)cn12. The minimum absolute atomic E-state index is 0.0274. The number of amides is 1. The molecule has 2 aromatic heterocycles. The number of thiazole rings is 1. The maximum Gasteiger partial charge on any atom is 0.272 e. The third kappa shape index (κ3) is 3.13. The van der Waals surface area contributed by atoms with E-state index in [1.54, 1.807) is 0 Å². The first-order valence-corrected chi connectivity index (χ1v) is 9.49. The molecule has 0 unspecified atom stereocenters. The van der Waals surface area contributed by atoms with Crippen LogP contribution >= 0.6 is 11.3 Å². The first-order chi connectivity index (χ1) is 12.8. The molecule has 0 radical (unpaired) electrons. The molecule has 2 aromatic carbocycles. The molecule has 4 rings (SSSR count). The van der Waals surface area contributed by atoms with Crippen LogP contribution in [0.5, 0.6) is 0 Å². The predicted octanol–water partition coefficient (Wildman–Crippen LogP) is 4.73. The molecule has 0 aliphatic carbocycles. The Morgan fingerprint density at radius 1 is 1.08 bits per heavy atom. The van der Waals surface area contributed by atoms with E-state index in [1.165, 1.54) is 11.3 Å². The highest BCUT2D eigenvalue weighted by atomic mass is 32.1. The lowest BCUT2D eigenvalue weighted by atomic mass is 10.2. The molecule has 0 atom stereocenters. The first-order valence-electron chi connectivity index (χ1n) is 8.61. The van der Waals surface area contributed by atoms with Gasteiger partial charge >= 0.3 is 0 Å². The Morgan fingerprint density at radius 2 is 1.77 bits per heavy atom. The zero-order valence-corrected chi connectivity index (χ0v) is 15.3. The second kappa shape index (κ2) is 7.14. The van der Waals surface area contributed by atoms with Crippen LogP contribution in [-0.4, -0.2) is 26.7 Å². The van der Waals surface area contributed by atoms with Crippen molar-refractivity contribution in [3.63, 3.8) is 0 Å². The van der Waals surface area contributed by atoms with Crippen LogP contribution in [0.4, 0.5) is 0 Å². The second-order valence-electron chi connectivity index (χ2n) is 6.07. The molecule has 0 spiro atoms. The van der Waals surface area contributed by atoms with Gasteiger partial charge in [-0.05, 0) is 12.5 Å². The van der Waals surface area contributed by atoms with Gasteiger partial charge in [0.2, 0.25) is 0 Å². The van der Waals surface area contributed by atoms with E-state index in [0.29, 0.717) is 18.8 Å². The summed E-state index contributed by atoms with van der Waals surface area (Å²) in [4.78, 5) is 20.4. The molecule has 0 N–H and O–H groups in total. The molecule has 0 saturated heterocycles. The van der Waals surface area contributed by atoms with Gasteiger partial charge < -0.3 is 4.90 Å². The van der Waals surface area contributed by atoms with Crippen LogP contribution in [0.15, 0.2) is 72.2 Å². The predicted molar refractivity (Wildman–Crippen MR) is 105 cm³/mol. The smallest absolute Gasteiger partial charge is 0.272 e. The Labute approximate surface area is 156 Å². The Bertz CT molecular complexity index is 1020. The standard InChI is InChI=1S/C21H19N3OS/c1-2-23(13-16-9-5-3-6-10-16)20(25)19-15-26-21-22-18(14-24(19)21)17-11-7-4-8-12-17/h3-12,14-15H,2,13H2,1H3. The Kier molecular flexibility index (Phi) is 4.54. The first kappa shape index (κ1) is 16.5. The molecule has 2 heterocycles. The van der Waals surface area contributed by atoms with Crippen LogP contribution in [-0.2, 0) is 6.54 Å². The number of nitrogens with zero attached hydrogens (tertiary/aromatic N) is 3. The molecule has 4 aromatic rings. The zero-order valence-electron chi connectivity index (χ0n) is 14.5. The number of fused-ring (bicyclic) bond motifs is 1. The van der Waals surface area contributed by atoms with E-state index in [0.717, 1.165) is 21.8 Å². The summed E-state index contributed by atoms with van der Waals surface area (Å²) in [6, 6.07) is 20.1. The molecular weight excluding hydrogens is 342 g/mol. The fraction of sp³-hybridized carbons (Fsp3) is 0.143. The lowest BCUT2D eigenvalue weighted by molar-refractivity contribution is 0.0746. The molecule has 5 heteroatoms. The highest BCUT2D eigenvalue weighted by Gasteiger charge is 2.20. The molecule has 1 amide bonds. The van der Waals surface area contributed by atoms with Gasteiger partial charge in [0.25, 0.3) is 5.91 Å². The van der Waals surface area contributed by atoms with Crippen molar-refractivity contribution in [1.29, 1.82) is 0 Å². The van der Waals surface area contributed by atoms with Crippen molar-refractivity contribution in [3.05, 3.63) is 83.5 Å². The molecule has 0 fully saturated rings. The fourth-order valence-electron chi connectivity index (χ4n) is 2.98. The molecule has 4 nitrogen and oxygen atoms in total. The average Bonchev–Trinajstić information content (AvgIpc) is 3.28. The van der Waals surface area contributed by atoms with E-state index < -0.39 is 0 Å². The Balaban J connectivity index is 1.65. The fourth-order valence-corrected chi connectivity index (χ4v) is 3.83. The topological polar surface area (TPSA) is 37.6 Å². The van der Waals surface area contributed by atoms with E-state index in [2.05, 4.69) is 4.98 Å². The number of benzene rings is 2. The summed E-state index contributed by atoms with van der Waals surface area (Å²) < 4.78 is 1.91. The quantitative estimate of drug-likeness (QED) is 0.515. The van der Waals surface area contributed by atoms with Crippen LogP contribution in [0.1, 0.15) is 23.0 Å². The Morgan fingerprint density at radius 3 is 2.46 bits per heavy atom. The number of aromatic nitrogens is 2. The lowest BCUT2D eigenvalue weighted by Crippen LogP contribution is -2.31. The number of hydrogen-bond acceptors (Lipinski definition) is 3. The van der Waals surface area contributed by atoms with E-state index in [9.17, 15) is 4.79 Å². The summed E-state index contributed by atoms with van der Waals surface area (Å²) in [5, 5.41) is 1.90. The number of imidazole rings is 1. The largest absolute Gasteiger partial charge is 0.333 e. The molecule has 0 aliphatic heterocycles. The minimum atomic E-state index is 0.0274. The number of hydrogen-bond donors (Lipinski definition) is 0. The van der Waals surface area contributed by atoms with Crippen molar-refractivity contribution >= 4 is 22.2 Å². The third-order valence-corrected chi connectivity index (χ3v) is 5.22. The summed E-state index contributed by atoms with van der Waals surface area (Å²) in [7, 11) is 0. The monoisotopic (exact) mass is 361 g/mol. The van der Waals surface area contributed by atoms with Gasteiger partial charge in [-0.25, -0.2) is 4.98 Å². The number of carbonyl (C=O) groups excluding carboxylic acids is 1.